The van der Waals surface area contributed by atoms with Gasteiger partial charge < -0.3 is 39.4 Å². The molecule has 10 heteroatoms. The largest absolute Gasteiger partial charge is 0.462 e. The Morgan fingerprint density at radius 3 is 1.38 bits per heavy atom. The number of allylic oxidation sites excluding steroid dienone is 6. The lowest BCUT2D eigenvalue weighted by Crippen LogP contribution is -2.59. The molecular formula is C53H96O10. The van der Waals surface area contributed by atoms with Crippen LogP contribution in [0.5, 0.6) is 0 Å². The maximum Gasteiger partial charge on any atom is 0.306 e. The summed E-state index contributed by atoms with van der Waals surface area (Å²) < 4.78 is 22.2. The highest BCUT2D eigenvalue weighted by Crippen LogP contribution is 2.23. The minimum atomic E-state index is -1.60. The molecule has 0 radical (unpaired) electrons. The van der Waals surface area contributed by atoms with E-state index in [1.165, 1.54) is 154 Å². The number of ether oxygens (including phenoxy) is 4. The topological polar surface area (TPSA) is 152 Å². The number of hydrogen-bond donors (Lipinski definition) is 4. The van der Waals surface area contributed by atoms with Crippen LogP contribution in [0.15, 0.2) is 36.5 Å². The second kappa shape index (κ2) is 43.8. The Balaban J connectivity index is 2.27. The van der Waals surface area contributed by atoms with Crippen LogP contribution in [-0.4, -0.2) is 89.0 Å². The van der Waals surface area contributed by atoms with E-state index in [4.69, 9.17) is 18.9 Å². The second-order valence-corrected chi connectivity index (χ2v) is 18.0. The summed E-state index contributed by atoms with van der Waals surface area (Å²) in [5.41, 5.74) is 0. The maximum absolute atomic E-state index is 12.8. The van der Waals surface area contributed by atoms with Gasteiger partial charge in [-0.1, -0.05) is 192 Å². The summed E-state index contributed by atoms with van der Waals surface area (Å²) in [5.74, 6) is -0.853. The Labute approximate surface area is 385 Å². The standard InChI is InChI=1S/C53H96O10/c1-3-5-7-9-11-13-15-17-19-21-22-23-24-26-27-29-31-33-35-37-39-41-48(55)60-44-46(45-61-53-52(59)51(58)50(57)47(43-54)63-53)62-49(56)42-40-38-36-34-32-30-28-25-20-18-16-14-12-10-8-6-4-2/h17,19,28,30,34,36,46-47,50-54,57-59H,3-16,18,20-27,29,31-33,35,37-45H2,1-2H3/b19-17+,30-28+,36-34+/t46-,47-,50+,51?,52?,53-/m0/s1. The van der Waals surface area contributed by atoms with Crippen LogP contribution in [0.25, 0.3) is 0 Å². The lowest BCUT2D eigenvalue weighted by atomic mass is 9.99. The number of carbonyl (C=O) groups is 2. The quantitative estimate of drug-likeness (QED) is 0.0264. The number of aliphatic hydroxyl groups is 4. The summed E-state index contributed by atoms with van der Waals surface area (Å²) in [6.07, 6.45) is 44.5. The van der Waals surface area contributed by atoms with Crippen molar-refractivity contribution in [3.05, 3.63) is 36.5 Å². The second-order valence-electron chi connectivity index (χ2n) is 18.0. The summed E-state index contributed by atoms with van der Waals surface area (Å²) in [7, 11) is 0. The molecule has 2 unspecified atom stereocenters. The van der Waals surface area contributed by atoms with Gasteiger partial charge in [-0.3, -0.25) is 9.59 Å². The van der Waals surface area contributed by atoms with E-state index in [1.54, 1.807) is 0 Å². The van der Waals surface area contributed by atoms with Crippen LogP contribution in [0.3, 0.4) is 0 Å². The van der Waals surface area contributed by atoms with E-state index in [1.807, 2.05) is 0 Å². The number of rotatable bonds is 44. The molecule has 0 saturated carbocycles. The molecule has 1 saturated heterocycles. The van der Waals surface area contributed by atoms with Gasteiger partial charge in [0.2, 0.25) is 0 Å². The van der Waals surface area contributed by atoms with Crippen LogP contribution < -0.4 is 0 Å². The van der Waals surface area contributed by atoms with Gasteiger partial charge in [0.1, 0.15) is 31.0 Å². The molecule has 63 heavy (non-hydrogen) atoms. The Bertz CT molecular complexity index is 1120. The first-order chi connectivity index (χ1) is 30.8. The summed E-state index contributed by atoms with van der Waals surface area (Å²) in [5, 5.41) is 40.2. The SMILES string of the molecule is CCCCCCCC/C=C/CCCCCCCCCCCCCC(=O)OC[C@@H](CO[C@H]1O[C@@H](CO)[C@@H](O)C(O)C1O)OC(=O)CCC/C=C/C/C=C/CCCCCCCCCCC. The zero-order valence-corrected chi connectivity index (χ0v) is 40.3. The molecule has 1 heterocycles. The molecule has 6 atom stereocenters. The predicted molar refractivity (Wildman–Crippen MR) is 256 cm³/mol. The van der Waals surface area contributed by atoms with Crippen LogP contribution in [0.2, 0.25) is 0 Å². The van der Waals surface area contributed by atoms with Crippen molar-refractivity contribution >= 4 is 11.9 Å². The summed E-state index contributed by atoms with van der Waals surface area (Å²) in [6, 6.07) is 0. The molecule has 4 N–H and O–H groups in total. The van der Waals surface area contributed by atoms with Crippen LogP contribution >= 0.6 is 0 Å². The van der Waals surface area contributed by atoms with Crippen LogP contribution in [0.1, 0.15) is 232 Å². The number of aliphatic hydroxyl groups excluding tert-OH is 4. The predicted octanol–water partition coefficient (Wildman–Crippen LogP) is 12.2. The van der Waals surface area contributed by atoms with Gasteiger partial charge in [0, 0.05) is 12.8 Å². The van der Waals surface area contributed by atoms with Crippen molar-refractivity contribution in [1.82, 2.24) is 0 Å². The fraction of sp³-hybridized carbons (Fsp3) is 0.849. The van der Waals surface area contributed by atoms with Gasteiger partial charge in [0.15, 0.2) is 12.4 Å². The highest BCUT2D eigenvalue weighted by Gasteiger charge is 2.44. The van der Waals surface area contributed by atoms with Crippen LogP contribution in [0, 0.1) is 0 Å². The smallest absolute Gasteiger partial charge is 0.306 e. The molecule has 1 rings (SSSR count). The van der Waals surface area contributed by atoms with Gasteiger partial charge in [-0.25, -0.2) is 0 Å². The Kier molecular flexibility index (Phi) is 41.0. The van der Waals surface area contributed by atoms with Gasteiger partial charge in [0.25, 0.3) is 0 Å². The monoisotopic (exact) mass is 893 g/mol. The molecule has 0 aromatic rings. The summed E-state index contributed by atoms with van der Waals surface area (Å²) in [4.78, 5) is 25.4. The van der Waals surface area contributed by atoms with Crippen molar-refractivity contribution in [2.75, 3.05) is 19.8 Å². The third-order valence-electron chi connectivity index (χ3n) is 12.0. The van der Waals surface area contributed by atoms with E-state index in [0.29, 0.717) is 6.42 Å². The molecule has 0 aliphatic carbocycles. The van der Waals surface area contributed by atoms with Crippen LogP contribution in [-0.2, 0) is 28.5 Å². The molecule has 0 bridgehead atoms. The first-order valence-electron chi connectivity index (χ1n) is 26.1. The number of unbranched alkanes of at least 4 members (excludes halogenated alkanes) is 27. The van der Waals surface area contributed by atoms with Crippen molar-refractivity contribution in [3.63, 3.8) is 0 Å². The zero-order valence-electron chi connectivity index (χ0n) is 40.3. The van der Waals surface area contributed by atoms with E-state index < -0.39 is 49.4 Å². The van der Waals surface area contributed by atoms with Gasteiger partial charge >= 0.3 is 11.9 Å². The molecule has 0 aromatic heterocycles. The molecular weight excluding hydrogens is 797 g/mol. The molecule has 10 nitrogen and oxygen atoms in total. The average molecular weight is 893 g/mol. The van der Waals surface area contributed by atoms with E-state index >= 15 is 0 Å². The summed E-state index contributed by atoms with van der Waals surface area (Å²) >= 11 is 0. The highest BCUT2D eigenvalue weighted by molar-refractivity contribution is 5.70. The Hall–Kier alpha value is -2.08. The van der Waals surface area contributed by atoms with Crippen molar-refractivity contribution in [2.45, 2.75) is 269 Å². The lowest BCUT2D eigenvalue weighted by Gasteiger charge is -2.39. The summed E-state index contributed by atoms with van der Waals surface area (Å²) in [6.45, 7) is 3.41. The molecule has 1 aliphatic heterocycles. The minimum Gasteiger partial charge on any atom is -0.462 e. The van der Waals surface area contributed by atoms with Gasteiger partial charge in [0.05, 0.1) is 13.2 Å². The fourth-order valence-electron chi connectivity index (χ4n) is 7.87. The first kappa shape index (κ1) is 58.9. The molecule has 0 spiro atoms. The van der Waals surface area contributed by atoms with Crippen molar-refractivity contribution in [2.24, 2.45) is 0 Å². The lowest BCUT2D eigenvalue weighted by molar-refractivity contribution is -0.305. The molecule has 1 aliphatic rings. The maximum atomic E-state index is 12.8. The third-order valence-corrected chi connectivity index (χ3v) is 12.0. The number of hydrogen-bond acceptors (Lipinski definition) is 10. The van der Waals surface area contributed by atoms with E-state index in [0.717, 1.165) is 44.9 Å². The van der Waals surface area contributed by atoms with Gasteiger partial charge in [-0.15, -0.1) is 0 Å². The molecule has 0 amide bonds. The molecule has 1 fully saturated rings. The molecule has 0 aromatic carbocycles. The van der Waals surface area contributed by atoms with E-state index in [-0.39, 0.29) is 32.0 Å². The number of carbonyl (C=O) groups excluding carboxylic acids is 2. The van der Waals surface area contributed by atoms with Crippen LogP contribution in [0.4, 0.5) is 0 Å². The van der Waals surface area contributed by atoms with Crippen molar-refractivity contribution in [1.29, 1.82) is 0 Å². The third kappa shape index (κ3) is 34.9. The first-order valence-corrected chi connectivity index (χ1v) is 26.1. The Morgan fingerprint density at radius 2 is 0.905 bits per heavy atom. The zero-order chi connectivity index (χ0) is 45.9. The minimum absolute atomic E-state index is 0.167. The number of esters is 2. The van der Waals surface area contributed by atoms with E-state index in [2.05, 4.69) is 50.3 Å². The van der Waals surface area contributed by atoms with Crippen molar-refractivity contribution in [3.8, 4) is 0 Å². The fourth-order valence-corrected chi connectivity index (χ4v) is 7.87. The van der Waals surface area contributed by atoms with E-state index in [9.17, 15) is 30.0 Å². The Morgan fingerprint density at radius 1 is 0.492 bits per heavy atom. The molecule has 368 valence electrons. The van der Waals surface area contributed by atoms with Gasteiger partial charge in [-0.05, 0) is 64.2 Å². The average Bonchev–Trinajstić information content (AvgIpc) is 3.28. The normalized spacial score (nSPS) is 19.7. The highest BCUT2D eigenvalue weighted by atomic mass is 16.7. The van der Waals surface area contributed by atoms with Gasteiger partial charge in [-0.2, -0.15) is 0 Å². The van der Waals surface area contributed by atoms with Crippen molar-refractivity contribution < 1.29 is 49.0 Å².